The Balaban J connectivity index is 2.03. The van der Waals surface area contributed by atoms with Gasteiger partial charge < -0.3 is 14.7 Å². The fourth-order valence-electron chi connectivity index (χ4n) is 4.16. The molecule has 1 aromatic heterocycles. The predicted molar refractivity (Wildman–Crippen MR) is 129 cm³/mol. The highest BCUT2D eigenvalue weighted by Gasteiger charge is 2.33. The molecule has 184 valence electrons. The number of nitrogens with zero attached hydrogens (tertiary/aromatic N) is 2. The second-order valence-corrected chi connectivity index (χ2v) is 9.94. The van der Waals surface area contributed by atoms with E-state index in [0.717, 1.165) is 25.0 Å². The van der Waals surface area contributed by atoms with Gasteiger partial charge in [-0.3, -0.25) is 4.79 Å². The number of carbonyl (C=O) groups is 2. The molecule has 6 nitrogen and oxygen atoms in total. The minimum atomic E-state index is -2.93. The lowest BCUT2D eigenvalue weighted by atomic mass is 9.82. The Bertz CT molecular complexity index is 1070. The number of alkyl halides is 2. The maximum Gasteiger partial charge on any atom is 0.337 e. The molecule has 3 rings (SSSR count). The van der Waals surface area contributed by atoms with Crippen LogP contribution < -0.4 is 9.64 Å². The molecule has 1 amide bonds. The maximum atomic E-state index is 15.1. The number of anilines is 1. The van der Waals surface area contributed by atoms with Crippen molar-refractivity contribution < 1.29 is 32.6 Å². The summed E-state index contributed by atoms with van der Waals surface area (Å²) >= 11 is 1.69. The summed E-state index contributed by atoms with van der Waals surface area (Å²) in [5.41, 5.74) is -0.985. The van der Waals surface area contributed by atoms with Crippen molar-refractivity contribution >= 4 is 40.2 Å². The number of hydrogen-bond acceptors (Lipinski definition) is 4. The molecule has 10 heteroatoms. The van der Waals surface area contributed by atoms with Crippen molar-refractivity contribution in [3.05, 3.63) is 44.9 Å². The average molecular weight is 590 g/mol. The molecule has 0 bridgehead atoms. The standard InChI is InChI=1S/C24H26F3IN2O4/c1-12(2)30(23(31)14-6-4-13(3)5-7-14)18-11-16(25)19(10-15(18)24(32)33)34-22-20(21(26)27)17(28)8-9-29-22/h8-14,21H,4-7H2,1-3H3,(H,32,33)/t13-,14-. The number of pyridine rings is 1. The predicted octanol–water partition coefficient (Wildman–Crippen LogP) is 6.82. The number of aromatic nitrogens is 1. The Labute approximate surface area is 209 Å². The summed E-state index contributed by atoms with van der Waals surface area (Å²) in [6.07, 6.45) is 1.46. The molecule has 0 spiro atoms. The maximum absolute atomic E-state index is 15.1. The first-order valence-electron chi connectivity index (χ1n) is 11.0. The van der Waals surface area contributed by atoms with E-state index in [0.29, 0.717) is 18.8 Å². The number of hydrogen-bond donors (Lipinski definition) is 1. The van der Waals surface area contributed by atoms with E-state index < -0.39 is 41.4 Å². The normalized spacial score (nSPS) is 18.3. The van der Waals surface area contributed by atoms with Gasteiger partial charge in [0.25, 0.3) is 6.43 Å². The van der Waals surface area contributed by atoms with E-state index in [-0.39, 0.29) is 26.6 Å². The molecule has 1 aromatic carbocycles. The SMILES string of the molecule is CC(C)N(c1cc(F)c(Oc2nccc(I)c2C(F)F)cc1C(=O)O)C(=O)[C@H]1CC[C@H](C)CC1. The average Bonchev–Trinajstić information content (AvgIpc) is 2.75. The van der Waals surface area contributed by atoms with Gasteiger partial charge >= 0.3 is 5.97 Å². The summed E-state index contributed by atoms with van der Waals surface area (Å²) in [6.45, 7) is 5.57. The van der Waals surface area contributed by atoms with Gasteiger partial charge in [0.05, 0.1) is 16.8 Å². The fraction of sp³-hybridized carbons (Fsp3) is 0.458. The molecule has 1 aliphatic rings. The van der Waals surface area contributed by atoms with Gasteiger partial charge in [-0.2, -0.15) is 0 Å². The summed E-state index contributed by atoms with van der Waals surface area (Å²) in [4.78, 5) is 30.5. The van der Waals surface area contributed by atoms with E-state index >= 15 is 4.39 Å². The summed E-state index contributed by atoms with van der Waals surface area (Å²) < 4.78 is 47.6. The molecule has 1 saturated carbocycles. The number of benzene rings is 1. The van der Waals surface area contributed by atoms with E-state index in [4.69, 9.17) is 4.74 Å². The van der Waals surface area contributed by atoms with Crippen LogP contribution in [0.1, 0.15) is 68.8 Å². The minimum absolute atomic E-state index is 0.0966. The van der Waals surface area contributed by atoms with E-state index in [1.54, 1.807) is 36.4 Å². The third kappa shape index (κ3) is 5.64. The quantitative estimate of drug-likeness (QED) is 0.358. The molecule has 34 heavy (non-hydrogen) atoms. The van der Waals surface area contributed by atoms with Gasteiger partial charge in [-0.15, -0.1) is 0 Å². The van der Waals surface area contributed by atoms with Gasteiger partial charge in [-0.05, 0) is 74.1 Å². The Hall–Kier alpha value is -2.37. The number of carboxylic acid groups (broad SMARTS) is 1. The van der Waals surface area contributed by atoms with Gasteiger partial charge in [0.15, 0.2) is 11.6 Å². The summed E-state index contributed by atoms with van der Waals surface area (Å²) in [7, 11) is 0. The van der Waals surface area contributed by atoms with Crippen molar-refractivity contribution in [1.29, 1.82) is 0 Å². The largest absolute Gasteiger partial charge is 0.478 e. The number of carbonyl (C=O) groups excluding carboxylic acids is 1. The van der Waals surface area contributed by atoms with Gasteiger partial charge in [-0.1, -0.05) is 6.92 Å². The van der Waals surface area contributed by atoms with Crippen LogP contribution in [0, 0.1) is 21.2 Å². The first kappa shape index (κ1) is 26.2. The highest BCUT2D eigenvalue weighted by molar-refractivity contribution is 14.1. The molecular formula is C24H26F3IN2O4. The first-order valence-corrected chi connectivity index (χ1v) is 12.1. The van der Waals surface area contributed by atoms with Crippen molar-refractivity contribution in [2.24, 2.45) is 11.8 Å². The molecular weight excluding hydrogens is 564 g/mol. The third-order valence-corrected chi connectivity index (χ3v) is 6.92. The Morgan fingerprint density at radius 3 is 2.41 bits per heavy atom. The van der Waals surface area contributed by atoms with Crippen LogP contribution in [0.25, 0.3) is 0 Å². The van der Waals surface area contributed by atoms with E-state index in [9.17, 15) is 23.5 Å². The van der Waals surface area contributed by atoms with Gasteiger partial charge in [-0.25, -0.2) is 22.9 Å². The van der Waals surface area contributed by atoms with Crippen LogP contribution >= 0.6 is 22.6 Å². The molecule has 1 N–H and O–H groups in total. The van der Waals surface area contributed by atoms with Crippen LogP contribution in [0.5, 0.6) is 11.6 Å². The number of halogens is 4. The monoisotopic (exact) mass is 590 g/mol. The van der Waals surface area contributed by atoms with E-state index in [1.807, 2.05) is 0 Å². The van der Waals surface area contributed by atoms with Crippen LogP contribution in [0.3, 0.4) is 0 Å². The van der Waals surface area contributed by atoms with Crippen molar-refractivity contribution in [3.8, 4) is 11.6 Å². The zero-order chi connectivity index (χ0) is 25.2. The number of ether oxygens (including phenoxy) is 1. The summed E-state index contributed by atoms with van der Waals surface area (Å²) in [5, 5.41) is 9.84. The molecule has 2 aromatic rings. The zero-order valence-electron chi connectivity index (χ0n) is 19.0. The number of amides is 1. The zero-order valence-corrected chi connectivity index (χ0v) is 21.2. The fourth-order valence-corrected chi connectivity index (χ4v) is 4.79. The molecule has 1 heterocycles. The van der Waals surface area contributed by atoms with Crippen LogP contribution in [0.4, 0.5) is 18.9 Å². The van der Waals surface area contributed by atoms with E-state index in [2.05, 4.69) is 11.9 Å². The Morgan fingerprint density at radius 2 is 1.85 bits per heavy atom. The molecule has 0 aliphatic heterocycles. The van der Waals surface area contributed by atoms with Crippen LogP contribution in [0.2, 0.25) is 0 Å². The van der Waals surface area contributed by atoms with Crippen molar-refractivity contribution in [3.63, 3.8) is 0 Å². The molecule has 0 saturated heterocycles. The molecule has 1 aliphatic carbocycles. The highest BCUT2D eigenvalue weighted by Crippen LogP contribution is 2.38. The van der Waals surface area contributed by atoms with Crippen LogP contribution in [0.15, 0.2) is 24.4 Å². The lowest BCUT2D eigenvalue weighted by molar-refractivity contribution is -0.123. The molecule has 0 radical (unpaired) electrons. The minimum Gasteiger partial charge on any atom is -0.478 e. The topological polar surface area (TPSA) is 79.7 Å². The summed E-state index contributed by atoms with van der Waals surface area (Å²) in [6, 6.07) is 2.75. The van der Waals surface area contributed by atoms with Crippen LogP contribution in [-0.4, -0.2) is 28.0 Å². The van der Waals surface area contributed by atoms with Gasteiger partial charge in [0.1, 0.15) is 0 Å². The van der Waals surface area contributed by atoms with Gasteiger partial charge in [0, 0.05) is 33.9 Å². The van der Waals surface area contributed by atoms with Crippen molar-refractivity contribution in [2.75, 3.05) is 4.90 Å². The number of aromatic carboxylic acids is 1. The lowest BCUT2D eigenvalue weighted by Crippen LogP contribution is -2.43. The van der Waals surface area contributed by atoms with Crippen molar-refractivity contribution in [2.45, 2.75) is 58.9 Å². The summed E-state index contributed by atoms with van der Waals surface area (Å²) in [5.74, 6) is -3.48. The molecule has 0 unspecified atom stereocenters. The Morgan fingerprint density at radius 1 is 1.21 bits per heavy atom. The second kappa shape index (κ2) is 10.9. The third-order valence-electron chi connectivity index (χ3n) is 5.98. The number of carboxylic acids is 1. The number of rotatable bonds is 7. The lowest BCUT2D eigenvalue weighted by Gasteiger charge is -2.34. The Kier molecular flexibility index (Phi) is 8.43. The van der Waals surface area contributed by atoms with E-state index in [1.165, 1.54) is 17.2 Å². The smallest absolute Gasteiger partial charge is 0.337 e. The first-order chi connectivity index (χ1) is 16.0. The highest BCUT2D eigenvalue weighted by atomic mass is 127. The molecule has 0 atom stereocenters. The van der Waals surface area contributed by atoms with Crippen LogP contribution in [-0.2, 0) is 4.79 Å². The second-order valence-electron chi connectivity index (χ2n) is 8.78. The molecule has 1 fully saturated rings. The van der Waals surface area contributed by atoms with Gasteiger partial charge in [0.2, 0.25) is 11.8 Å². The van der Waals surface area contributed by atoms with Crippen molar-refractivity contribution in [1.82, 2.24) is 4.98 Å².